The molecule has 8 heteroatoms. The minimum absolute atomic E-state index is 0.0852. The zero-order valence-electron chi connectivity index (χ0n) is 17.3. The van der Waals surface area contributed by atoms with Gasteiger partial charge in [0.1, 0.15) is 11.5 Å². The van der Waals surface area contributed by atoms with E-state index in [0.29, 0.717) is 51.5 Å². The summed E-state index contributed by atoms with van der Waals surface area (Å²) in [6.07, 6.45) is 3.96. The normalized spacial score (nSPS) is 13.3. The van der Waals surface area contributed by atoms with Gasteiger partial charge < -0.3 is 14.6 Å². The monoisotopic (exact) mass is 449 g/mol. The first-order chi connectivity index (χ1) is 15.5. The van der Waals surface area contributed by atoms with Crippen molar-refractivity contribution in [3.05, 3.63) is 65.4 Å². The third-order valence-corrected chi connectivity index (χ3v) is 5.71. The van der Waals surface area contributed by atoms with Gasteiger partial charge in [0, 0.05) is 16.6 Å². The molecule has 0 radical (unpaired) electrons. The highest BCUT2D eigenvalue weighted by molar-refractivity contribution is 6.31. The van der Waals surface area contributed by atoms with Gasteiger partial charge in [0.2, 0.25) is 0 Å². The van der Waals surface area contributed by atoms with E-state index in [-0.39, 0.29) is 5.69 Å². The summed E-state index contributed by atoms with van der Waals surface area (Å²) in [4.78, 5) is 16.2. The number of rotatable bonds is 7. The van der Waals surface area contributed by atoms with Gasteiger partial charge in [-0.05, 0) is 61.2 Å². The zero-order chi connectivity index (χ0) is 22.2. The molecule has 7 nitrogen and oxygen atoms in total. The Morgan fingerprint density at radius 1 is 1.19 bits per heavy atom. The van der Waals surface area contributed by atoms with Gasteiger partial charge >= 0.3 is 5.97 Å². The summed E-state index contributed by atoms with van der Waals surface area (Å²) >= 11 is 6.14. The zero-order valence-corrected chi connectivity index (χ0v) is 18.0. The van der Waals surface area contributed by atoms with Crippen LogP contribution >= 0.6 is 11.6 Å². The number of aromatic nitrogens is 3. The Morgan fingerprint density at radius 3 is 2.75 bits per heavy atom. The van der Waals surface area contributed by atoms with Gasteiger partial charge in [-0.25, -0.2) is 9.48 Å². The fourth-order valence-corrected chi connectivity index (χ4v) is 3.85. The van der Waals surface area contributed by atoms with Crippen LogP contribution in [0.25, 0.3) is 27.8 Å². The number of hydrogen-bond donors (Lipinski definition) is 1. The molecule has 2 heterocycles. The highest BCUT2D eigenvalue weighted by atomic mass is 35.5. The van der Waals surface area contributed by atoms with Crippen LogP contribution < -0.4 is 9.47 Å². The highest BCUT2D eigenvalue weighted by Crippen LogP contribution is 2.41. The molecule has 1 N–H and O–H groups in total. The molecule has 0 unspecified atom stereocenters. The second-order valence-electron chi connectivity index (χ2n) is 7.71. The summed E-state index contributed by atoms with van der Waals surface area (Å²) in [7, 11) is 1.58. The molecule has 0 spiro atoms. The van der Waals surface area contributed by atoms with Crippen molar-refractivity contribution in [1.29, 1.82) is 0 Å². The number of benzene rings is 2. The Balaban J connectivity index is 1.74. The quantitative estimate of drug-likeness (QED) is 0.415. The maximum atomic E-state index is 11.8. The lowest BCUT2D eigenvalue weighted by Crippen LogP contribution is -2.06. The molecule has 1 aliphatic carbocycles. The van der Waals surface area contributed by atoms with Crippen molar-refractivity contribution in [2.45, 2.75) is 12.8 Å². The highest BCUT2D eigenvalue weighted by Gasteiger charge is 2.26. The molecule has 5 rings (SSSR count). The maximum Gasteiger partial charge on any atom is 0.356 e. The second-order valence-corrected chi connectivity index (χ2v) is 8.15. The van der Waals surface area contributed by atoms with Crippen molar-refractivity contribution in [2.75, 3.05) is 13.7 Å². The first-order valence-corrected chi connectivity index (χ1v) is 10.6. The molecule has 0 atom stereocenters. The molecule has 4 aromatic rings. The molecule has 32 heavy (non-hydrogen) atoms. The number of carboxylic acids is 1. The van der Waals surface area contributed by atoms with Gasteiger partial charge in [-0.2, -0.15) is 5.10 Å². The fourth-order valence-electron chi connectivity index (χ4n) is 3.68. The van der Waals surface area contributed by atoms with Crippen LogP contribution in [0.4, 0.5) is 0 Å². The van der Waals surface area contributed by atoms with Crippen LogP contribution in [0.15, 0.2) is 54.7 Å². The maximum absolute atomic E-state index is 11.8. The van der Waals surface area contributed by atoms with Crippen LogP contribution in [0.5, 0.6) is 11.5 Å². The Hall–Kier alpha value is -3.58. The van der Waals surface area contributed by atoms with Crippen LogP contribution in [-0.2, 0) is 0 Å². The summed E-state index contributed by atoms with van der Waals surface area (Å²) in [5.41, 5.74) is 2.47. The number of aromatic carboxylic acids is 1. The largest absolute Gasteiger partial charge is 0.496 e. The summed E-state index contributed by atoms with van der Waals surface area (Å²) in [5.74, 6) is 0.623. The average Bonchev–Trinajstić information content (AvgIpc) is 3.52. The first kappa shape index (κ1) is 20.3. The minimum Gasteiger partial charge on any atom is -0.496 e. The lowest BCUT2D eigenvalue weighted by molar-refractivity contribution is 0.0690. The molecular weight excluding hydrogens is 430 g/mol. The molecule has 1 saturated carbocycles. The third-order valence-electron chi connectivity index (χ3n) is 5.47. The Morgan fingerprint density at radius 2 is 2.00 bits per heavy atom. The number of fused-ring (bicyclic) bond motifs is 1. The number of halogens is 1. The molecule has 0 aliphatic heterocycles. The van der Waals surface area contributed by atoms with Crippen LogP contribution in [-0.4, -0.2) is 39.6 Å². The standard InChI is InChI=1S/C24H20ClN3O4/c1-31-21-3-2-4-22(32-13-14-5-6-14)23(21)20-12-18(24(29)30)27-28(20)19-9-10-26-17-11-15(25)7-8-16(17)19/h2-4,7-12,14H,5-6,13H2,1H3,(H,29,30). The van der Waals surface area contributed by atoms with E-state index in [1.165, 1.54) is 6.07 Å². The van der Waals surface area contributed by atoms with E-state index in [2.05, 4.69) is 10.1 Å². The second kappa shape index (κ2) is 8.16. The van der Waals surface area contributed by atoms with Gasteiger partial charge in [0.25, 0.3) is 0 Å². The van der Waals surface area contributed by atoms with Gasteiger partial charge in [-0.3, -0.25) is 4.98 Å². The molecule has 2 aromatic heterocycles. The number of methoxy groups -OCH3 is 1. The molecular formula is C24H20ClN3O4. The van der Waals surface area contributed by atoms with Crippen molar-refractivity contribution < 1.29 is 19.4 Å². The van der Waals surface area contributed by atoms with Crippen LogP contribution in [0.2, 0.25) is 5.02 Å². The molecule has 1 fully saturated rings. The Kier molecular flexibility index (Phi) is 5.19. The number of ether oxygens (including phenoxy) is 2. The lowest BCUT2D eigenvalue weighted by atomic mass is 10.1. The first-order valence-electron chi connectivity index (χ1n) is 10.2. The predicted molar refractivity (Wildman–Crippen MR) is 121 cm³/mol. The van der Waals surface area contributed by atoms with E-state index < -0.39 is 5.97 Å². The van der Waals surface area contributed by atoms with Crippen LogP contribution in [0, 0.1) is 5.92 Å². The van der Waals surface area contributed by atoms with Gasteiger partial charge in [-0.15, -0.1) is 0 Å². The Labute approximate surface area is 189 Å². The molecule has 0 amide bonds. The number of carboxylic acid groups (broad SMARTS) is 1. The summed E-state index contributed by atoms with van der Waals surface area (Å²) in [6.45, 7) is 0.608. The fraction of sp³-hybridized carbons (Fsp3) is 0.208. The van der Waals surface area contributed by atoms with E-state index in [4.69, 9.17) is 21.1 Å². The van der Waals surface area contributed by atoms with Gasteiger partial charge in [0.05, 0.1) is 36.2 Å². The van der Waals surface area contributed by atoms with Crippen molar-refractivity contribution in [3.63, 3.8) is 0 Å². The molecule has 162 valence electrons. The lowest BCUT2D eigenvalue weighted by Gasteiger charge is -2.17. The van der Waals surface area contributed by atoms with Crippen molar-refractivity contribution >= 4 is 28.5 Å². The average molecular weight is 450 g/mol. The van der Waals surface area contributed by atoms with Crippen LogP contribution in [0.3, 0.4) is 0 Å². The summed E-state index contributed by atoms with van der Waals surface area (Å²) < 4.78 is 13.4. The molecule has 0 bridgehead atoms. The number of hydrogen-bond acceptors (Lipinski definition) is 5. The van der Waals surface area contributed by atoms with Gasteiger partial charge in [0.15, 0.2) is 5.69 Å². The number of nitrogens with zero attached hydrogens (tertiary/aromatic N) is 3. The minimum atomic E-state index is -1.12. The molecule has 2 aromatic carbocycles. The predicted octanol–water partition coefficient (Wildman–Crippen LogP) is 5.24. The van der Waals surface area contributed by atoms with Crippen molar-refractivity contribution in [3.8, 4) is 28.4 Å². The van der Waals surface area contributed by atoms with E-state index in [0.717, 1.165) is 18.2 Å². The number of carbonyl (C=O) groups is 1. The topological polar surface area (TPSA) is 86.5 Å². The number of pyridine rings is 1. The molecule has 1 aliphatic rings. The van der Waals surface area contributed by atoms with Gasteiger partial charge in [-0.1, -0.05) is 17.7 Å². The Bertz CT molecular complexity index is 1330. The van der Waals surface area contributed by atoms with E-state index in [1.807, 2.05) is 24.3 Å². The summed E-state index contributed by atoms with van der Waals surface area (Å²) in [6, 6.07) is 14.2. The van der Waals surface area contributed by atoms with Crippen molar-refractivity contribution in [1.82, 2.24) is 14.8 Å². The van der Waals surface area contributed by atoms with Crippen molar-refractivity contribution in [2.24, 2.45) is 5.92 Å². The van der Waals surface area contributed by atoms with E-state index >= 15 is 0 Å². The smallest absolute Gasteiger partial charge is 0.356 e. The van der Waals surface area contributed by atoms with E-state index in [9.17, 15) is 9.90 Å². The van der Waals surface area contributed by atoms with Crippen LogP contribution in [0.1, 0.15) is 23.3 Å². The molecule has 0 saturated heterocycles. The third kappa shape index (κ3) is 3.76. The summed E-state index contributed by atoms with van der Waals surface area (Å²) in [5, 5.41) is 15.4. The SMILES string of the molecule is COc1cccc(OCC2CC2)c1-c1cc(C(=O)O)nn1-c1ccnc2cc(Cl)ccc12. The van der Waals surface area contributed by atoms with E-state index in [1.54, 1.807) is 36.2 Å².